The lowest BCUT2D eigenvalue weighted by atomic mass is 10.1. The maximum atomic E-state index is 13.2. The van der Waals surface area contributed by atoms with E-state index in [4.69, 9.17) is 0 Å². The van der Waals surface area contributed by atoms with E-state index < -0.39 is 17.3 Å². The second-order valence-electron chi connectivity index (χ2n) is 6.66. The zero-order valence-electron chi connectivity index (χ0n) is 15.5. The van der Waals surface area contributed by atoms with Gasteiger partial charge in [0.05, 0.1) is 22.2 Å². The number of benzene rings is 2. The number of nitrogens with zero attached hydrogens (tertiary/aromatic N) is 3. The normalized spacial score (nSPS) is 11.6. The van der Waals surface area contributed by atoms with Crippen molar-refractivity contribution in [2.45, 2.75) is 12.7 Å². The average Bonchev–Trinajstić information content (AvgIpc) is 2.74. The Morgan fingerprint density at radius 3 is 2.43 bits per heavy atom. The monoisotopic (exact) mass is 410 g/mol. The maximum Gasteiger partial charge on any atom is 0.416 e. The van der Waals surface area contributed by atoms with Gasteiger partial charge in [-0.25, -0.2) is 4.98 Å². The standard InChI is InChI=1S/C22H15F3N3O2/c23-22(24,25)16-4-3-5-17(12-16)28-20(13-27-10-8-15(14-29)9-11-27)26-19-7-2-1-6-18(19)21(28)30/h1-12,14H,13H2/q+1. The molecule has 0 spiro atoms. The lowest BCUT2D eigenvalue weighted by molar-refractivity contribution is -0.689. The van der Waals surface area contributed by atoms with E-state index in [0.29, 0.717) is 22.8 Å². The molecular weight excluding hydrogens is 395 g/mol. The summed E-state index contributed by atoms with van der Waals surface area (Å²) in [6.07, 6.45) is -0.552. The number of aldehydes is 1. The lowest BCUT2D eigenvalue weighted by Gasteiger charge is -2.14. The molecule has 0 aliphatic rings. The van der Waals surface area contributed by atoms with Crippen LogP contribution in [-0.2, 0) is 12.7 Å². The summed E-state index contributed by atoms with van der Waals surface area (Å²) < 4.78 is 42.5. The molecule has 0 amide bonds. The van der Waals surface area contributed by atoms with E-state index >= 15 is 0 Å². The topological polar surface area (TPSA) is 55.8 Å². The minimum Gasteiger partial charge on any atom is -0.298 e. The van der Waals surface area contributed by atoms with Crippen LogP contribution in [0.1, 0.15) is 21.7 Å². The number of halogens is 3. The van der Waals surface area contributed by atoms with E-state index in [9.17, 15) is 22.8 Å². The van der Waals surface area contributed by atoms with Crippen molar-refractivity contribution < 1.29 is 22.5 Å². The first-order valence-electron chi connectivity index (χ1n) is 8.99. The summed E-state index contributed by atoms with van der Waals surface area (Å²) in [5.41, 5.74) is -0.305. The summed E-state index contributed by atoms with van der Waals surface area (Å²) in [4.78, 5) is 28.6. The number of alkyl halides is 3. The highest BCUT2D eigenvalue weighted by molar-refractivity contribution is 5.77. The molecule has 0 N–H and O–H groups in total. The molecule has 150 valence electrons. The highest BCUT2D eigenvalue weighted by atomic mass is 19.4. The van der Waals surface area contributed by atoms with Gasteiger partial charge in [0, 0.05) is 17.7 Å². The Bertz CT molecular complexity index is 1300. The molecule has 0 saturated heterocycles. The smallest absolute Gasteiger partial charge is 0.298 e. The number of carbonyl (C=O) groups is 1. The van der Waals surface area contributed by atoms with Crippen molar-refractivity contribution in [1.82, 2.24) is 9.55 Å². The van der Waals surface area contributed by atoms with Gasteiger partial charge in [0.15, 0.2) is 24.5 Å². The lowest BCUT2D eigenvalue weighted by Crippen LogP contribution is -2.37. The van der Waals surface area contributed by atoms with Gasteiger partial charge in [0.2, 0.25) is 6.54 Å². The number of hydrogen-bond donors (Lipinski definition) is 0. The third-order valence-corrected chi connectivity index (χ3v) is 4.65. The summed E-state index contributed by atoms with van der Waals surface area (Å²) in [6, 6.07) is 14.5. The number of aromatic nitrogens is 3. The van der Waals surface area contributed by atoms with Crippen LogP contribution in [0.3, 0.4) is 0 Å². The molecule has 5 nitrogen and oxygen atoms in total. The summed E-state index contributed by atoms with van der Waals surface area (Å²) in [5.74, 6) is 0.266. The molecule has 0 saturated carbocycles. The molecule has 0 radical (unpaired) electrons. The molecule has 30 heavy (non-hydrogen) atoms. The molecule has 0 fully saturated rings. The first-order valence-corrected chi connectivity index (χ1v) is 8.99. The van der Waals surface area contributed by atoms with Crippen LogP contribution in [0.25, 0.3) is 16.6 Å². The highest BCUT2D eigenvalue weighted by Crippen LogP contribution is 2.30. The van der Waals surface area contributed by atoms with Gasteiger partial charge in [0.25, 0.3) is 5.56 Å². The van der Waals surface area contributed by atoms with E-state index in [1.807, 2.05) is 0 Å². The van der Waals surface area contributed by atoms with Gasteiger partial charge < -0.3 is 0 Å². The average molecular weight is 410 g/mol. The molecule has 0 bridgehead atoms. The van der Waals surface area contributed by atoms with E-state index in [0.717, 1.165) is 12.1 Å². The van der Waals surface area contributed by atoms with Gasteiger partial charge in [-0.3, -0.25) is 14.2 Å². The molecule has 0 aliphatic heterocycles. The molecule has 2 aromatic carbocycles. The summed E-state index contributed by atoms with van der Waals surface area (Å²) in [5, 5.41) is 0.306. The summed E-state index contributed by atoms with van der Waals surface area (Å²) in [7, 11) is 0. The van der Waals surface area contributed by atoms with Crippen molar-refractivity contribution in [3.05, 3.63) is 100 Å². The summed E-state index contributed by atoms with van der Waals surface area (Å²) >= 11 is 0. The Morgan fingerprint density at radius 2 is 1.73 bits per heavy atom. The quantitative estimate of drug-likeness (QED) is 0.382. The predicted molar refractivity (Wildman–Crippen MR) is 103 cm³/mol. The number of pyridine rings is 1. The van der Waals surface area contributed by atoms with Crippen molar-refractivity contribution in [2.75, 3.05) is 0 Å². The highest BCUT2D eigenvalue weighted by Gasteiger charge is 2.31. The van der Waals surface area contributed by atoms with Gasteiger partial charge in [-0.2, -0.15) is 17.7 Å². The van der Waals surface area contributed by atoms with Crippen molar-refractivity contribution in [3.63, 3.8) is 0 Å². The second kappa shape index (κ2) is 7.55. The third kappa shape index (κ3) is 3.71. The number of fused-ring (bicyclic) bond motifs is 1. The number of para-hydroxylation sites is 1. The van der Waals surface area contributed by atoms with Crippen LogP contribution < -0.4 is 10.1 Å². The fraction of sp³-hybridized carbons (Fsp3) is 0.0909. The van der Waals surface area contributed by atoms with Crippen LogP contribution in [0.2, 0.25) is 0 Å². The SMILES string of the molecule is O=Cc1cc[n+](Cc2nc3ccccc3c(=O)n2-c2cccc(C(F)(F)F)c2)cc1. The molecule has 8 heteroatoms. The maximum absolute atomic E-state index is 13.2. The molecular formula is C22H15F3N3O2+. The molecule has 4 aromatic rings. The predicted octanol–water partition coefficient (Wildman–Crippen LogP) is 3.55. The van der Waals surface area contributed by atoms with Crippen LogP contribution in [-0.4, -0.2) is 15.8 Å². The van der Waals surface area contributed by atoms with Gasteiger partial charge in [0.1, 0.15) is 0 Å². The first-order chi connectivity index (χ1) is 14.4. The number of rotatable bonds is 4. The van der Waals surface area contributed by atoms with Crippen molar-refractivity contribution >= 4 is 17.2 Å². The largest absolute Gasteiger partial charge is 0.416 e. The zero-order valence-corrected chi connectivity index (χ0v) is 15.5. The van der Waals surface area contributed by atoms with E-state index in [2.05, 4.69) is 4.98 Å². The summed E-state index contributed by atoms with van der Waals surface area (Å²) in [6.45, 7) is 0.120. The Morgan fingerprint density at radius 1 is 1.00 bits per heavy atom. The zero-order chi connectivity index (χ0) is 21.3. The third-order valence-electron chi connectivity index (χ3n) is 4.65. The molecule has 0 unspecified atom stereocenters. The van der Waals surface area contributed by atoms with Gasteiger partial charge in [-0.1, -0.05) is 18.2 Å². The molecule has 4 rings (SSSR count). The fourth-order valence-corrected chi connectivity index (χ4v) is 3.19. The number of carbonyl (C=O) groups excluding carboxylic acids is 1. The Kier molecular flexibility index (Phi) is 4.91. The molecule has 0 aliphatic carbocycles. The minimum atomic E-state index is -4.54. The van der Waals surface area contributed by atoms with Crippen molar-refractivity contribution in [2.24, 2.45) is 0 Å². The fourth-order valence-electron chi connectivity index (χ4n) is 3.19. The Labute approximate surface area is 168 Å². The number of hydrogen-bond acceptors (Lipinski definition) is 3. The van der Waals surface area contributed by atoms with E-state index in [1.165, 1.54) is 16.7 Å². The Balaban J connectivity index is 1.92. The van der Waals surface area contributed by atoms with Crippen LogP contribution in [0.15, 0.2) is 77.9 Å². The molecule has 0 atom stereocenters. The molecule has 2 heterocycles. The van der Waals surface area contributed by atoms with E-state index in [1.54, 1.807) is 53.4 Å². The Hall–Kier alpha value is -3.81. The minimum absolute atomic E-state index is 0.0770. The van der Waals surface area contributed by atoms with Crippen LogP contribution in [0.4, 0.5) is 13.2 Å². The van der Waals surface area contributed by atoms with Gasteiger partial charge in [-0.05, 0) is 30.3 Å². The van der Waals surface area contributed by atoms with Crippen molar-refractivity contribution in [3.8, 4) is 5.69 Å². The van der Waals surface area contributed by atoms with Crippen molar-refractivity contribution in [1.29, 1.82) is 0 Å². The van der Waals surface area contributed by atoms with Gasteiger partial charge in [-0.15, -0.1) is 0 Å². The second-order valence-corrected chi connectivity index (χ2v) is 6.66. The van der Waals surface area contributed by atoms with E-state index in [-0.39, 0.29) is 18.1 Å². The van der Waals surface area contributed by atoms with Crippen LogP contribution >= 0.6 is 0 Å². The van der Waals surface area contributed by atoms with Crippen LogP contribution in [0, 0.1) is 0 Å². The van der Waals surface area contributed by atoms with Gasteiger partial charge >= 0.3 is 6.18 Å². The van der Waals surface area contributed by atoms with Crippen LogP contribution in [0.5, 0.6) is 0 Å². The first kappa shape index (κ1) is 19.5. The molecule has 2 aromatic heterocycles.